The smallest absolute Gasteiger partial charge is 0.224 e. The van der Waals surface area contributed by atoms with E-state index in [-0.39, 0.29) is 18.9 Å². The lowest BCUT2D eigenvalue weighted by atomic mass is 10.4. The van der Waals surface area contributed by atoms with Crippen molar-refractivity contribution in [3.63, 3.8) is 0 Å². The van der Waals surface area contributed by atoms with Crippen LogP contribution in [0.1, 0.15) is 13.3 Å². The third kappa shape index (κ3) is 5.26. The second-order valence-electron chi connectivity index (χ2n) is 1.72. The first-order chi connectivity index (χ1) is 4.16. The van der Waals surface area contributed by atoms with E-state index in [4.69, 9.17) is 10.2 Å². The van der Waals surface area contributed by atoms with E-state index >= 15 is 0 Å². The number of rotatable bonds is 3. The van der Waals surface area contributed by atoms with Crippen LogP contribution in [-0.4, -0.2) is 29.0 Å². The Morgan fingerprint density at radius 3 is 2.67 bits per heavy atom. The molecule has 1 atom stereocenters. The van der Waals surface area contributed by atoms with Crippen LogP contribution in [-0.2, 0) is 4.79 Å². The third-order valence-electron chi connectivity index (χ3n) is 0.709. The van der Waals surface area contributed by atoms with E-state index in [0.717, 1.165) is 0 Å². The molecular weight excluding hydrogens is 122 g/mol. The molecule has 0 heterocycles. The minimum atomic E-state index is -0.830. The first-order valence-corrected chi connectivity index (χ1v) is 2.75. The molecule has 0 bridgehead atoms. The summed E-state index contributed by atoms with van der Waals surface area (Å²) in [4.78, 5) is 10.4. The predicted octanol–water partition coefficient (Wildman–Crippen LogP) is -1.18. The molecule has 0 radical (unpaired) electrons. The number of carbonyl (C=O) groups is 1. The third-order valence-corrected chi connectivity index (χ3v) is 0.709. The van der Waals surface area contributed by atoms with E-state index in [2.05, 4.69) is 5.32 Å². The zero-order valence-electron chi connectivity index (χ0n) is 5.29. The Balaban J connectivity index is 3.27. The van der Waals surface area contributed by atoms with Gasteiger partial charge in [-0.15, -0.1) is 0 Å². The number of amides is 1. The minimum Gasteiger partial charge on any atom is -0.396 e. The fourth-order valence-corrected chi connectivity index (χ4v) is 0.407. The van der Waals surface area contributed by atoms with Gasteiger partial charge in [-0.2, -0.15) is 0 Å². The van der Waals surface area contributed by atoms with Gasteiger partial charge in [0.05, 0.1) is 6.61 Å². The van der Waals surface area contributed by atoms with Crippen molar-refractivity contribution in [2.45, 2.75) is 19.6 Å². The van der Waals surface area contributed by atoms with Gasteiger partial charge in [0, 0.05) is 6.42 Å². The van der Waals surface area contributed by atoms with Crippen molar-refractivity contribution in [3.8, 4) is 0 Å². The summed E-state index contributed by atoms with van der Waals surface area (Å²) in [6, 6.07) is 0. The van der Waals surface area contributed by atoms with Gasteiger partial charge in [-0.05, 0) is 6.92 Å². The first-order valence-electron chi connectivity index (χ1n) is 2.75. The van der Waals surface area contributed by atoms with Crippen LogP contribution in [0, 0.1) is 0 Å². The number of aliphatic hydroxyl groups excluding tert-OH is 2. The zero-order chi connectivity index (χ0) is 7.28. The Morgan fingerprint density at radius 2 is 2.33 bits per heavy atom. The highest BCUT2D eigenvalue weighted by Crippen LogP contribution is 1.78. The zero-order valence-corrected chi connectivity index (χ0v) is 5.29. The Bertz CT molecular complexity index is 92.2. The highest BCUT2D eigenvalue weighted by Gasteiger charge is 2.00. The normalized spacial score (nSPS) is 12.8. The van der Waals surface area contributed by atoms with Gasteiger partial charge in [0.25, 0.3) is 0 Å². The summed E-state index contributed by atoms with van der Waals surface area (Å²) in [6.45, 7) is 1.26. The topological polar surface area (TPSA) is 69.6 Å². The molecule has 0 saturated heterocycles. The second-order valence-corrected chi connectivity index (χ2v) is 1.72. The molecule has 0 aliphatic rings. The van der Waals surface area contributed by atoms with Crippen molar-refractivity contribution < 1.29 is 15.0 Å². The predicted molar refractivity (Wildman–Crippen MR) is 31.5 cm³/mol. The van der Waals surface area contributed by atoms with Gasteiger partial charge in [-0.25, -0.2) is 0 Å². The Hall–Kier alpha value is -0.610. The monoisotopic (exact) mass is 133 g/mol. The van der Waals surface area contributed by atoms with Crippen LogP contribution >= 0.6 is 0 Å². The summed E-state index contributed by atoms with van der Waals surface area (Å²) in [5, 5.41) is 18.9. The largest absolute Gasteiger partial charge is 0.396 e. The molecular formula is C5H11NO3. The number of nitrogens with one attached hydrogen (secondary N) is 1. The molecule has 0 aromatic heterocycles. The number of hydrogen-bond acceptors (Lipinski definition) is 3. The lowest BCUT2D eigenvalue weighted by molar-refractivity contribution is -0.124. The standard InChI is InChI=1S/C5H11NO3/c1-4(8)6-5(9)2-3-7/h4,7-8H,2-3H2,1H3,(H,6,9). The second kappa shape index (κ2) is 4.29. The molecule has 1 unspecified atom stereocenters. The Morgan fingerprint density at radius 1 is 1.78 bits per heavy atom. The van der Waals surface area contributed by atoms with E-state index < -0.39 is 6.23 Å². The van der Waals surface area contributed by atoms with Crippen LogP contribution in [0.3, 0.4) is 0 Å². The van der Waals surface area contributed by atoms with E-state index in [1.54, 1.807) is 0 Å². The average molecular weight is 133 g/mol. The number of hydrogen-bond donors (Lipinski definition) is 3. The van der Waals surface area contributed by atoms with Crippen LogP contribution in [0.25, 0.3) is 0 Å². The summed E-state index contributed by atoms with van der Waals surface area (Å²) in [7, 11) is 0. The highest BCUT2D eigenvalue weighted by molar-refractivity contribution is 5.75. The van der Waals surface area contributed by atoms with Gasteiger partial charge in [-0.1, -0.05) is 0 Å². The lowest BCUT2D eigenvalue weighted by Crippen LogP contribution is -2.32. The summed E-state index contributed by atoms with van der Waals surface area (Å²) in [6.07, 6.45) is -0.783. The molecule has 54 valence electrons. The van der Waals surface area contributed by atoms with Crippen LogP contribution in [0.5, 0.6) is 0 Å². The summed E-state index contributed by atoms with van der Waals surface area (Å²) in [5.74, 6) is -0.340. The first kappa shape index (κ1) is 8.39. The molecule has 0 saturated carbocycles. The summed E-state index contributed by atoms with van der Waals surface area (Å²) in [5.41, 5.74) is 0. The molecule has 0 spiro atoms. The number of aliphatic hydroxyl groups is 2. The van der Waals surface area contributed by atoms with Crippen molar-refractivity contribution in [2.24, 2.45) is 0 Å². The van der Waals surface area contributed by atoms with Crippen molar-refractivity contribution in [3.05, 3.63) is 0 Å². The van der Waals surface area contributed by atoms with Crippen molar-refractivity contribution in [1.29, 1.82) is 0 Å². The van der Waals surface area contributed by atoms with Crippen molar-refractivity contribution >= 4 is 5.91 Å². The van der Waals surface area contributed by atoms with Crippen molar-refractivity contribution in [1.82, 2.24) is 5.32 Å². The van der Waals surface area contributed by atoms with Crippen LogP contribution in [0.15, 0.2) is 0 Å². The maximum absolute atomic E-state index is 10.4. The summed E-state index contributed by atoms with van der Waals surface area (Å²) >= 11 is 0. The Kier molecular flexibility index (Phi) is 4.00. The van der Waals surface area contributed by atoms with E-state index in [1.165, 1.54) is 6.92 Å². The fraction of sp³-hybridized carbons (Fsp3) is 0.800. The SMILES string of the molecule is CC(O)NC(=O)CCO. The van der Waals surface area contributed by atoms with Gasteiger partial charge in [0.15, 0.2) is 0 Å². The molecule has 4 heteroatoms. The van der Waals surface area contributed by atoms with Gasteiger partial charge in [0.2, 0.25) is 5.91 Å². The van der Waals surface area contributed by atoms with Crippen LogP contribution < -0.4 is 5.32 Å². The minimum absolute atomic E-state index is 0.0465. The molecule has 0 aromatic carbocycles. The number of carbonyl (C=O) groups excluding carboxylic acids is 1. The fourth-order valence-electron chi connectivity index (χ4n) is 0.407. The van der Waals surface area contributed by atoms with Crippen LogP contribution in [0.4, 0.5) is 0 Å². The maximum Gasteiger partial charge on any atom is 0.224 e. The molecule has 0 fully saturated rings. The molecule has 9 heavy (non-hydrogen) atoms. The van der Waals surface area contributed by atoms with Gasteiger partial charge >= 0.3 is 0 Å². The summed E-state index contributed by atoms with van der Waals surface area (Å²) < 4.78 is 0. The van der Waals surface area contributed by atoms with Gasteiger partial charge < -0.3 is 15.5 Å². The maximum atomic E-state index is 10.4. The van der Waals surface area contributed by atoms with Gasteiger partial charge in [0.1, 0.15) is 6.23 Å². The lowest BCUT2D eigenvalue weighted by Gasteiger charge is -2.04. The van der Waals surface area contributed by atoms with Gasteiger partial charge in [-0.3, -0.25) is 4.79 Å². The average Bonchev–Trinajstić information content (AvgIpc) is 1.63. The van der Waals surface area contributed by atoms with Crippen molar-refractivity contribution in [2.75, 3.05) is 6.61 Å². The van der Waals surface area contributed by atoms with E-state index in [0.29, 0.717) is 0 Å². The molecule has 1 amide bonds. The van der Waals surface area contributed by atoms with E-state index in [1.807, 2.05) is 0 Å². The highest BCUT2D eigenvalue weighted by atomic mass is 16.3. The molecule has 3 N–H and O–H groups in total. The van der Waals surface area contributed by atoms with E-state index in [9.17, 15) is 4.79 Å². The quantitative estimate of drug-likeness (QED) is 0.424. The molecule has 4 nitrogen and oxygen atoms in total. The molecule has 0 aliphatic carbocycles. The molecule has 0 aromatic rings. The molecule has 0 rings (SSSR count). The Labute approximate surface area is 53.5 Å². The van der Waals surface area contributed by atoms with Crippen LogP contribution in [0.2, 0.25) is 0 Å². The molecule has 0 aliphatic heterocycles.